The fraction of sp³-hybridized carbons (Fsp3) is 0.438. The highest BCUT2D eigenvalue weighted by atomic mass is 16.5. The predicted molar refractivity (Wildman–Crippen MR) is 156 cm³/mol. The Morgan fingerprint density at radius 3 is 2.50 bits per heavy atom. The molecule has 0 aromatic heterocycles. The van der Waals surface area contributed by atoms with Crippen LogP contribution in [-0.4, -0.2) is 96.1 Å². The number of phenols is 1. The van der Waals surface area contributed by atoms with E-state index < -0.39 is 64.4 Å². The van der Waals surface area contributed by atoms with E-state index in [1.807, 2.05) is 0 Å². The molecule has 0 saturated heterocycles. The standard InChI is InChI=1S/C32H35N3O9/c1-35(2)25-20-14-17-13-19-18(15-6-4-7-16(12-15)31(42)34-10-5-11-44-3)8-9-21(36)23(19)26(37)22(17)28(39)32(20,43)29(40)24(27(25)38)30(33)41/h4,6-9,12,17,20,22,24-25,36,43H,5,10-11,13-14H2,1-3H3,(H2,33,41)(H,34,42)/t17?,20?,22?,24?,25-,32-/m0/s1. The molecule has 5 N–H and O–H groups in total. The van der Waals surface area contributed by atoms with E-state index in [1.165, 1.54) is 25.1 Å². The number of amides is 2. The molecule has 12 heteroatoms. The average Bonchev–Trinajstić information content (AvgIpc) is 2.97. The number of carbonyl (C=O) groups excluding carboxylic acids is 6. The molecular formula is C32H35N3O9. The highest BCUT2D eigenvalue weighted by molar-refractivity contribution is 6.32. The lowest BCUT2D eigenvalue weighted by Crippen LogP contribution is -2.74. The summed E-state index contributed by atoms with van der Waals surface area (Å²) in [6, 6.07) is 8.56. The molecule has 3 aliphatic carbocycles. The van der Waals surface area contributed by atoms with Crippen LogP contribution in [0.3, 0.4) is 0 Å². The van der Waals surface area contributed by atoms with Crippen LogP contribution < -0.4 is 11.1 Å². The zero-order valence-electron chi connectivity index (χ0n) is 24.7. The Kier molecular flexibility index (Phi) is 8.27. The van der Waals surface area contributed by atoms with Crippen molar-refractivity contribution in [3.05, 3.63) is 53.1 Å². The number of phenolic OH excluding ortho intramolecular Hbond substituents is 1. The quantitative estimate of drug-likeness (QED) is 0.240. The van der Waals surface area contributed by atoms with Gasteiger partial charge in [-0.05, 0) is 74.2 Å². The number of aliphatic hydroxyl groups is 1. The smallest absolute Gasteiger partial charge is 0.251 e. The summed E-state index contributed by atoms with van der Waals surface area (Å²) in [5.41, 5.74) is 4.49. The normalized spacial score (nSPS) is 27.9. The molecule has 12 nitrogen and oxygen atoms in total. The number of nitrogens with one attached hydrogen (secondary N) is 1. The number of benzene rings is 2. The maximum Gasteiger partial charge on any atom is 0.251 e. The van der Waals surface area contributed by atoms with E-state index in [9.17, 15) is 39.0 Å². The van der Waals surface area contributed by atoms with Crippen LogP contribution in [0.2, 0.25) is 0 Å². The van der Waals surface area contributed by atoms with E-state index in [1.54, 1.807) is 37.4 Å². The number of aromatic hydroxyl groups is 1. The van der Waals surface area contributed by atoms with Gasteiger partial charge in [-0.1, -0.05) is 18.2 Å². The lowest BCUT2D eigenvalue weighted by Gasteiger charge is -2.52. The van der Waals surface area contributed by atoms with E-state index in [2.05, 4.69) is 5.32 Å². The second-order valence-corrected chi connectivity index (χ2v) is 12.0. The summed E-state index contributed by atoms with van der Waals surface area (Å²) >= 11 is 0. The zero-order chi connectivity index (χ0) is 32.1. The van der Waals surface area contributed by atoms with Crippen molar-refractivity contribution < 1.29 is 43.7 Å². The molecule has 3 aliphatic rings. The molecule has 0 radical (unpaired) electrons. The average molecular weight is 606 g/mol. The van der Waals surface area contributed by atoms with Gasteiger partial charge in [0, 0.05) is 31.7 Å². The van der Waals surface area contributed by atoms with Crippen LogP contribution in [0.1, 0.15) is 39.1 Å². The second-order valence-electron chi connectivity index (χ2n) is 12.0. The van der Waals surface area contributed by atoms with E-state index in [0.29, 0.717) is 41.8 Å². The third-order valence-electron chi connectivity index (χ3n) is 9.19. The Bertz CT molecular complexity index is 1580. The molecule has 0 heterocycles. The highest BCUT2D eigenvalue weighted by Gasteiger charge is 2.69. The lowest BCUT2D eigenvalue weighted by molar-refractivity contribution is -0.181. The van der Waals surface area contributed by atoms with Gasteiger partial charge in [0.2, 0.25) is 5.91 Å². The molecule has 2 fully saturated rings. The van der Waals surface area contributed by atoms with Gasteiger partial charge < -0.3 is 26.0 Å². The zero-order valence-corrected chi connectivity index (χ0v) is 24.7. The van der Waals surface area contributed by atoms with Crippen LogP contribution in [-0.2, 0) is 30.3 Å². The van der Waals surface area contributed by atoms with Gasteiger partial charge in [-0.25, -0.2) is 0 Å². The van der Waals surface area contributed by atoms with Crippen LogP contribution in [0, 0.1) is 23.7 Å². The molecule has 0 aliphatic heterocycles. The first-order valence-corrected chi connectivity index (χ1v) is 14.4. The van der Waals surface area contributed by atoms with Gasteiger partial charge >= 0.3 is 0 Å². The van der Waals surface area contributed by atoms with Crippen molar-refractivity contribution >= 4 is 34.9 Å². The number of ether oxygens (including phenoxy) is 1. The topological polar surface area (TPSA) is 193 Å². The highest BCUT2D eigenvalue weighted by Crippen LogP contribution is 2.51. The number of hydrogen-bond donors (Lipinski definition) is 4. The second kappa shape index (κ2) is 11.7. The molecule has 2 aromatic rings. The van der Waals surface area contributed by atoms with Crippen molar-refractivity contribution in [3.63, 3.8) is 0 Å². The van der Waals surface area contributed by atoms with Crippen LogP contribution in [0.25, 0.3) is 11.1 Å². The van der Waals surface area contributed by atoms with E-state index in [4.69, 9.17) is 10.5 Å². The van der Waals surface area contributed by atoms with Crippen LogP contribution >= 0.6 is 0 Å². The van der Waals surface area contributed by atoms with Crippen molar-refractivity contribution in [1.29, 1.82) is 0 Å². The lowest BCUT2D eigenvalue weighted by atomic mass is 9.52. The van der Waals surface area contributed by atoms with Gasteiger partial charge in [-0.15, -0.1) is 0 Å². The molecule has 4 unspecified atom stereocenters. The summed E-state index contributed by atoms with van der Waals surface area (Å²) in [4.78, 5) is 81.1. The number of Topliss-reactive ketones (excluding diaryl/α,β-unsaturated/α-hetero) is 4. The summed E-state index contributed by atoms with van der Waals surface area (Å²) < 4.78 is 5.01. The summed E-state index contributed by atoms with van der Waals surface area (Å²) in [6.45, 7) is 0.921. The number of ketones is 4. The summed E-state index contributed by atoms with van der Waals surface area (Å²) in [5.74, 6) is -11.3. The molecule has 2 aromatic carbocycles. The van der Waals surface area contributed by atoms with Gasteiger partial charge in [-0.2, -0.15) is 0 Å². The number of nitrogens with zero attached hydrogens (tertiary/aromatic N) is 1. The first-order chi connectivity index (χ1) is 20.8. The molecule has 0 spiro atoms. The maximum absolute atomic E-state index is 14.0. The van der Waals surface area contributed by atoms with Crippen molar-refractivity contribution in [2.24, 2.45) is 29.4 Å². The van der Waals surface area contributed by atoms with Gasteiger partial charge in [0.05, 0.1) is 17.5 Å². The minimum Gasteiger partial charge on any atom is -0.507 e. The number of likely N-dealkylation sites (N-methyl/N-ethyl adjacent to an activating group) is 1. The van der Waals surface area contributed by atoms with Crippen LogP contribution in [0.4, 0.5) is 0 Å². The molecule has 2 saturated carbocycles. The minimum atomic E-state index is -2.78. The Hall–Kier alpha value is -4.26. The van der Waals surface area contributed by atoms with Crippen molar-refractivity contribution in [1.82, 2.24) is 10.2 Å². The van der Waals surface area contributed by atoms with Crippen molar-refractivity contribution in [2.75, 3.05) is 34.4 Å². The first-order valence-electron chi connectivity index (χ1n) is 14.4. The molecule has 2 amide bonds. The van der Waals surface area contributed by atoms with Crippen molar-refractivity contribution in [3.8, 4) is 16.9 Å². The van der Waals surface area contributed by atoms with Crippen LogP contribution in [0.15, 0.2) is 36.4 Å². The third kappa shape index (κ3) is 4.83. The molecule has 0 bridgehead atoms. The van der Waals surface area contributed by atoms with Gasteiger partial charge in [-0.3, -0.25) is 33.7 Å². The largest absolute Gasteiger partial charge is 0.507 e. The fourth-order valence-corrected chi connectivity index (χ4v) is 7.22. The molecular weight excluding hydrogens is 570 g/mol. The van der Waals surface area contributed by atoms with Gasteiger partial charge in [0.1, 0.15) is 5.75 Å². The Morgan fingerprint density at radius 2 is 1.84 bits per heavy atom. The van der Waals surface area contributed by atoms with Crippen molar-refractivity contribution in [2.45, 2.75) is 30.9 Å². The number of methoxy groups -OCH3 is 1. The molecule has 5 rings (SSSR count). The van der Waals surface area contributed by atoms with E-state index >= 15 is 0 Å². The SMILES string of the molecule is COCCCNC(=O)c1cccc(-c2ccc(O)c3c2CC2CC4[C@H](N(C)C)C(=O)C(C(N)=O)C(=O)[C@@]4(O)C(=O)C2C3=O)c1. The predicted octanol–water partition coefficient (Wildman–Crippen LogP) is 0.300. The van der Waals surface area contributed by atoms with E-state index in [-0.39, 0.29) is 30.1 Å². The van der Waals surface area contributed by atoms with E-state index in [0.717, 1.165) is 0 Å². The monoisotopic (exact) mass is 605 g/mol. The van der Waals surface area contributed by atoms with Gasteiger partial charge in [0.15, 0.2) is 34.7 Å². The molecule has 44 heavy (non-hydrogen) atoms. The fourth-order valence-electron chi connectivity index (χ4n) is 7.22. The summed E-state index contributed by atoms with van der Waals surface area (Å²) in [6.07, 6.45) is 0.702. The Balaban J connectivity index is 1.55. The Labute approximate surface area is 253 Å². The Morgan fingerprint density at radius 1 is 1.11 bits per heavy atom. The first kappa shape index (κ1) is 31.2. The number of hydrogen-bond acceptors (Lipinski definition) is 10. The number of carbonyl (C=O) groups is 6. The number of primary amides is 1. The van der Waals surface area contributed by atoms with Crippen LogP contribution in [0.5, 0.6) is 5.75 Å². The number of rotatable bonds is 8. The minimum absolute atomic E-state index is 0.0527. The third-order valence-corrected chi connectivity index (χ3v) is 9.19. The summed E-state index contributed by atoms with van der Waals surface area (Å²) in [5, 5.41) is 25.4. The summed E-state index contributed by atoms with van der Waals surface area (Å²) in [7, 11) is 4.64. The maximum atomic E-state index is 14.0. The van der Waals surface area contributed by atoms with Gasteiger partial charge in [0.25, 0.3) is 5.91 Å². The molecule has 232 valence electrons. The number of nitrogens with two attached hydrogens (primary N) is 1. The molecule has 6 atom stereocenters. The number of fused-ring (bicyclic) bond motifs is 3.